The summed E-state index contributed by atoms with van der Waals surface area (Å²) in [6.45, 7) is 5.61. The van der Waals surface area contributed by atoms with Crippen LogP contribution in [-0.2, 0) is 7.05 Å². The van der Waals surface area contributed by atoms with Crippen molar-refractivity contribution in [1.29, 1.82) is 0 Å². The van der Waals surface area contributed by atoms with Crippen LogP contribution in [0.1, 0.15) is 34.7 Å². The van der Waals surface area contributed by atoms with Crippen LogP contribution in [0.15, 0.2) is 6.07 Å². The van der Waals surface area contributed by atoms with Crippen molar-refractivity contribution in [2.45, 2.75) is 32.7 Å². The molecule has 0 aliphatic carbocycles. The Bertz CT molecular complexity index is 722. The first-order valence-corrected chi connectivity index (χ1v) is 8.04. The second-order valence-corrected chi connectivity index (χ2v) is 6.19. The van der Waals surface area contributed by atoms with Crippen molar-refractivity contribution < 1.29 is 4.79 Å². The van der Waals surface area contributed by atoms with Gasteiger partial charge in [-0.05, 0) is 39.8 Å². The van der Waals surface area contributed by atoms with Gasteiger partial charge in [-0.15, -0.1) is 12.4 Å². The molecule has 1 saturated heterocycles. The van der Waals surface area contributed by atoms with Gasteiger partial charge in [0.15, 0.2) is 0 Å². The number of rotatable bonds is 4. The largest absolute Gasteiger partial charge is 0.333 e. The van der Waals surface area contributed by atoms with Crippen LogP contribution >= 0.6 is 12.4 Å². The summed E-state index contributed by atoms with van der Waals surface area (Å²) in [5, 5.41) is 14.8. The minimum Gasteiger partial charge on any atom is -0.333 e. The number of likely N-dealkylation sites (N-methyl/N-ethyl adjacent to an activating group) is 1. The van der Waals surface area contributed by atoms with Crippen molar-refractivity contribution in [3.05, 3.63) is 23.1 Å². The van der Waals surface area contributed by atoms with Gasteiger partial charge in [-0.25, -0.2) is 0 Å². The van der Waals surface area contributed by atoms with Gasteiger partial charge >= 0.3 is 0 Å². The molecule has 7 nitrogen and oxygen atoms in total. The van der Waals surface area contributed by atoms with Crippen molar-refractivity contribution in [3.8, 4) is 11.3 Å². The SMILES string of the molecule is CNCC1CCCN1C(=O)c1cc(-c2c(C)nn(C)c2C)n[nH]1.Cl. The third kappa shape index (κ3) is 3.18. The van der Waals surface area contributed by atoms with Crippen molar-refractivity contribution in [2.75, 3.05) is 20.1 Å². The smallest absolute Gasteiger partial charge is 0.272 e. The molecular formula is C16H25ClN6O. The number of aromatic nitrogens is 4. The van der Waals surface area contributed by atoms with E-state index in [-0.39, 0.29) is 24.4 Å². The zero-order valence-corrected chi connectivity index (χ0v) is 15.4. The highest BCUT2D eigenvalue weighted by Gasteiger charge is 2.30. The zero-order valence-electron chi connectivity index (χ0n) is 14.6. The standard InChI is InChI=1S/C16H24N6O.ClH/c1-10-15(11(2)21(4)20-10)13-8-14(19-18-13)16(23)22-7-5-6-12(22)9-17-3;/h8,12,17H,5-7,9H2,1-4H3,(H,18,19);1H. The highest BCUT2D eigenvalue weighted by molar-refractivity contribution is 5.94. The maximum atomic E-state index is 12.8. The van der Waals surface area contributed by atoms with E-state index in [9.17, 15) is 4.79 Å². The Morgan fingerprint density at radius 3 is 2.83 bits per heavy atom. The number of nitrogens with zero attached hydrogens (tertiary/aromatic N) is 4. The van der Waals surface area contributed by atoms with E-state index < -0.39 is 0 Å². The fourth-order valence-corrected chi connectivity index (χ4v) is 3.41. The van der Waals surface area contributed by atoms with Crippen LogP contribution in [0.4, 0.5) is 0 Å². The molecule has 3 rings (SSSR count). The van der Waals surface area contributed by atoms with Crippen LogP contribution < -0.4 is 5.32 Å². The fourth-order valence-electron chi connectivity index (χ4n) is 3.41. The molecule has 2 aromatic rings. The minimum atomic E-state index is 0. The lowest BCUT2D eigenvalue weighted by atomic mass is 10.1. The molecule has 1 aliphatic rings. The van der Waals surface area contributed by atoms with Crippen molar-refractivity contribution in [3.63, 3.8) is 0 Å². The molecule has 132 valence electrons. The zero-order chi connectivity index (χ0) is 16.6. The monoisotopic (exact) mass is 352 g/mol. The summed E-state index contributed by atoms with van der Waals surface area (Å²) in [6.07, 6.45) is 2.11. The van der Waals surface area contributed by atoms with E-state index in [0.29, 0.717) is 5.69 Å². The van der Waals surface area contributed by atoms with Crippen molar-refractivity contribution >= 4 is 18.3 Å². The number of carbonyl (C=O) groups excluding carboxylic acids is 1. The number of hydrogen-bond donors (Lipinski definition) is 2. The van der Waals surface area contributed by atoms with E-state index in [1.54, 1.807) is 0 Å². The van der Waals surface area contributed by atoms with Gasteiger partial charge in [-0.1, -0.05) is 0 Å². The first kappa shape index (κ1) is 18.5. The normalized spacial score (nSPS) is 17.2. The van der Waals surface area contributed by atoms with Gasteiger partial charge in [-0.2, -0.15) is 10.2 Å². The first-order valence-electron chi connectivity index (χ1n) is 8.04. The first-order chi connectivity index (χ1) is 11.0. The molecule has 3 heterocycles. The summed E-state index contributed by atoms with van der Waals surface area (Å²) in [6, 6.07) is 2.11. The van der Waals surface area contributed by atoms with Crippen LogP contribution in [-0.4, -0.2) is 57.0 Å². The van der Waals surface area contributed by atoms with Crippen molar-refractivity contribution in [1.82, 2.24) is 30.2 Å². The summed E-state index contributed by atoms with van der Waals surface area (Å²) >= 11 is 0. The summed E-state index contributed by atoms with van der Waals surface area (Å²) in [5.74, 6) is 0.0284. The predicted octanol–water partition coefficient (Wildman–Crippen LogP) is 1.67. The number of H-pyrrole nitrogens is 1. The van der Waals surface area contributed by atoms with Gasteiger partial charge in [0.25, 0.3) is 5.91 Å². The molecule has 2 N–H and O–H groups in total. The van der Waals surface area contributed by atoms with Crippen LogP contribution in [0.3, 0.4) is 0 Å². The number of carbonyl (C=O) groups is 1. The Kier molecular flexibility index (Phi) is 5.66. The van der Waals surface area contributed by atoms with Gasteiger partial charge in [0.2, 0.25) is 0 Å². The average molecular weight is 353 g/mol. The summed E-state index contributed by atoms with van der Waals surface area (Å²) in [4.78, 5) is 14.7. The summed E-state index contributed by atoms with van der Waals surface area (Å²) in [5.41, 5.74) is 4.29. The van der Waals surface area contributed by atoms with E-state index in [2.05, 4.69) is 20.6 Å². The molecule has 0 saturated carbocycles. The molecule has 0 aromatic carbocycles. The Balaban J connectivity index is 0.00000208. The molecule has 0 spiro atoms. The van der Waals surface area contributed by atoms with Gasteiger partial charge in [0, 0.05) is 37.4 Å². The Hall–Kier alpha value is -1.86. The van der Waals surface area contributed by atoms with E-state index in [1.165, 1.54) is 0 Å². The Morgan fingerprint density at radius 1 is 1.46 bits per heavy atom. The van der Waals surface area contributed by atoms with E-state index >= 15 is 0 Å². The minimum absolute atomic E-state index is 0. The van der Waals surface area contributed by atoms with Crippen molar-refractivity contribution in [2.24, 2.45) is 7.05 Å². The average Bonchev–Trinajstić information content (AvgIpc) is 3.20. The van der Waals surface area contributed by atoms with Crippen LogP contribution in [0.5, 0.6) is 0 Å². The van der Waals surface area contributed by atoms with E-state index in [0.717, 1.165) is 48.6 Å². The molecule has 24 heavy (non-hydrogen) atoms. The number of halogens is 1. The number of nitrogens with one attached hydrogen (secondary N) is 2. The third-order valence-corrected chi connectivity index (χ3v) is 4.65. The summed E-state index contributed by atoms with van der Waals surface area (Å²) < 4.78 is 1.84. The molecular weight excluding hydrogens is 328 g/mol. The molecule has 1 amide bonds. The number of amides is 1. The molecule has 0 radical (unpaired) electrons. The van der Waals surface area contributed by atoms with E-state index in [1.807, 2.05) is 43.6 Å². The maximum absolute atomic E-state index is 12.8. The second kappa shape index (κ2) is 7.36. The number of hydrogen-bond acceptors (Lipinski definition) is 4. The van der Waals surface area contributed by atoms with Crippen LogP contribution in [0.2, 0.25) is 0 Å². The number of aromatic amines is 1. The fraction of sp³-hybridized carbons (Fsp3) is 0.562. The van der Waals surface area contributed by atoms with Gasteiger partial charge in [0.05, 0.1) is 11.4 Å². The molecule has 1 unspecified atom stereocenters. The number of aryl methyl sites for hydroxylation is 2. The lowest BCUT2D eigenvalue weighted by Gasteiger charge is -2.23. The van der Waals surface area contributed by atoms with Gasteiger partial charge in [0.1, 0.15) is 5.69 Å². The Morgan fingerprint density at radius 2 is 2.21 bits per heavy atom. The van der Waals surface area contributed by atoms with Gasteiger partial charge < -0.3 is 10.2 Å². The quantitative estimate of drug-likeness (QED) is 0.877. The maximum Gasteiger partial charge on any atom is 0.272 e. The summed E-state index contributed by atoms with van der Waals surface area (Å²) in [7, 11) is 3.83. The molecule has 1 atom stereocenters. The highest BCUT2D eigenvalue weighted by atomic mass is 35.5. The lowest BCUT2D eigenvalue weighted by molar-refractivity contribution is 0.0731. The second-order valence-electron chi connectivity index (χ2n) is 6.19. The predicted molar refractivity (Wildman–Crippen MR) is 95.5 cm³/mol. The Labute approximate surface area is 148 Å². The molecule has 1 aliphatic heterocycles. The lowest BCUT2D eigenvalue weighted by Crippen LogP contribution is -2.41. The third-order valence-electron chi connectivity index (χ3n) is 4.65. The van der Waals surface area contributed by atoms with E-state index in [4.69, 9.17) is 0 Å². The molecule has 0 bridgehead atoms. The van der Waals surface area contributed by atoms with Gasteiger partial charge in [-0.3, -0.25) is 14.6 Å². The molecule has 8 heteroatoms. The topological polar surface area (TPSA) is 78.8 Å². The molecule has 1 fully saturated rings. The molecule has 2 aromatic heterocycles. The number of likely N-dealkylation sites (tertiary alicyclic amines) is 1. The van der Waals surface area contributed by atoms with Crippen LogP contribution in [0, 0.1) is 13.8 Å². The highest BCUT2D eigenvalue weighted by Crippen LogP contribution is 2.26. The van der Waals surface area contributed by atoms with Crippen LogP contribution in [0.25, 0.3) is 11.3 Å².